The molecule has 0 heterocycles. The van der Waals surface area contributed by atoms with E-state index in [1.807, 2.05) is 0 Å². The fraction of sp³-hybridized carbons (Fsp3) is 0.867. The summed E-state index contributed by atoms with van der Waals surface area (Å²) >= 11 is 0. The average molecular weight is 206 g/mol. The summed E-state index contributed by atoms with van der Waals surface area (Å²) in [6.07, 6.45) is 20.2. The van der Waals surface area contributed by atoms with Crippen molar-refractivity contribution in [2.75, 3.05) is 0 Å². The van der Waals surface area contributed by atoms with Crippen LogP contribution in [0.2, 0.25) is 0 Å². The van der Waals surface area contributed by atoms with E-state index in [-0.39, 0.29) is 7.43 Å². The zero-order valence-electron chi connectivity index (χ0n) is 9.23. The van der Waals surface area contributed by atoms with Gasteiger partial charge in [-0.3, -0.25) is 0 Å². The SMILES string of the molecule is C.C1=CC2(CCCC2)CCC12CCCC2. The summed E-state index contributed by atoms with van der Waals surface area (Å²) in [5.41, 5.74) is 1.35. The molecule has 0 aliphatic heterocycles. The van der Waals surface area contributed by atoms with E-state index >= 15 is 0 Å². The monoisotopic (exact) mass is 206 g/mol. The zero-order valence-corrected chi connectivity index (χ0v) is 9.23. The van der Waals surface area contributed by atoms with E-state index in [4.69, 9.17) is 0 Å². The third-order valence-electron chi connectivity index (χ3n) is 5.11. The Morgan fingerprint density at radius 3 is 1.13 bits per heavy atom. The molecule has 0 aromatic rings. The molecule has 0 amide bonds. The Bertz CT molecular complexity index is 211. The maximum absolute atomic E-state index is 2.63. The highest BCUT2D eigenvalue weighted by molar-refractivity contribution is 5.14. The Morgan fingerprint density at radius 1 is 0.533 bits per heavy atom. The summed E-state index contributed by atoms with van der Waals surface area (Å²) in [5, 5.41) is 0. The maximum Gasteiger partial charge on any atom is -0.0118 e. The van der Waals surface area contributed by atoms with Crippen LogP contribution in [0.1, 0.15) is 71.6 Å². The second kappa shape index (κ2) is 3.96. The van der Waals surface area contributed by atoms with E-state index in [2.05, 4.69) is 12.2 Å². The molecule has 0 aromatic carbocycles. The Hall–Kier alpha value is -0.260. The van der Waals surface area contributed by atoms with Gasteiger partial charge in [-0.2, -0.15) is 0 Å². The largest absolute Gasteiger partial charge is 0.0818 e. The highest BCUT2D eigenvalue weighted by atomic mass is 14.5. The molecule has 86 valence electrons. The second-order valence-electron chi connectivity index (χ2n) is 5.97. The van der Waals surface area contributed by atoms with Crippen molar-refractivity contribution < 1.29 is 0 Å². The summed E-state index contributed by atoms with van der Waals surface area (Å²) in [6.45, 7) is 0. The molecule has 0 bridgehead atoms. The van der Waals surface area contributed by atoms with Crippen molar-refractivity contribution in [1.29, 1.82) is 0 Å². The molecule has 3 aliphatic carbocycles. The first-order valence-corrected chi connectivity index (χ1v) is 6.53. The molecular formula is C15H26. The Labute approximate surface area is 95.1 Å². The quantitative estimate of drug-likeness (QED) is 0.484. The van der Waals surface area contributed by atoms with Gasteiger partial charge < -0.3 is 0 Å². The van der Waals surface area contributed by atoms with Gasteiger partial charge in [-0.1, -0.05) is 45.3 Å². The number of hydrogen-bond donors (Lipinski definition) is 0. The molecule has 0 radical (unpaired) electrons. The molecule has 2 fully saturated rings. The van der Waals surface area contributed by atoms with Crippen molar-refractivity contribution in [2.24, 2.45) is 10.8 Å². The first-order valence-electron chi connectivity index (χ1n) is 6.53. The Balaban J connectivity index is 0.000000853. The first kappa shape index (κ1) is 11.2. The lowest BCUT2D eigenvalue weighted by Gasteiger charge is -2.37. The summed E-state index contributed by atoms with van der Waals surface area (Å²) < 4.78 is 0. The number of rotatable bonds is 0. The Morgan fingerprint density at radius 2 is 0.867 bits per heavy atom. The van der Waals surface area contributed by atoms with Gasteiger partial charge in [0.2, 0.25) is 0 Å². The van der Waals surface area contributed by atoms with E-state index in [9.17, 15) is 0 Å². The highest BCUT2D eigenvalue weighted by Gasteiger charge is 2.40. The van der Waals surface area contributed by atoms with Crippen molar-refractivity contribution in [1.82, 2.24) is 0 Å². The van der Waals surface area contributed by atoms with Gasteiger partial charge in [0.25, 0.3) is 0 Å². The third-order valence-corrected chi connectivity index (χ3v) is 5.11. The molecule has 0 aromatic heterocycles. The van der Waals surface area contributed by atoms with Crippen molar-refractivity contribution >= 4 is 0 Å². The minimum Gasteiger partial charge on any atom is -0.0818 e. The summed E-state index contributed by atoms with van der Waals surface area (Å²) in [4.78, 5) is 0. The van der Waals surface area contributed by atoms with Gasteiger partial charge in [0, 0.05) is 0 Å². The van der Waals surface area contributed by atoms with Gasteiger partial charge in [-0.05, 0) is 49.4 Å². The van der Waals surface area contributed by atoms with Gasteiger partial charge in [-0.15, -0.1) is 0 Å². The van der Waals surface area contributed by atoms with Gasteiger partial charge in [0.1, 0.15) is 0 Å². The van der Waals surface area contributed by atoms with Crippen LogP contribution in [0.3, 0.4) is 0 Å². The van der Waals surface area contributed by atoms with E-state index in [0.29, 0.717) is 10.8 Å². The summed E-state index contributed by atoms with van der Waals surface area (Å²) in [6, 6.07) is 0. The van der Waals surface area contributed by atoms with Crippen LogP contribution in [-0.4, -0.2) is 0 Å². The van der Waals surface area contributed by atoms with Crippen LogP contribution >= 0.6 is 0 Å². The summed E-state index contributed by atoms with van der Waals surface area (Å²) in [5.74, 6) is 0. The van der Waals surface area contributed by atoms with E-state index < -0.39 is 0 Å². The van der Waals surface area contributed by atoms with Crippen LogP contribution in [0.15, 0.2) is 12.2 Å². The molecule has 3 aliphatic rings. The van der Waals surface area contributed by atoms with Crippen LogP contribution < -0.4 is 0 Å². The molecule has 2 saturated carbocycles. The average Bonchev–Trinajstić information content (AvgIpc) is 2.81. The molecule has 0 nitrogen and oxygen atoms in total. The molecule has 15 heavy (non-hydrogen) atoms. The van der Waals surface area contributed by atoms with Crippen LogP contribution in [0.25, 0.3) is 0 Å². The fourth-order valence-electron chi connectivity index (χ4n) is 4.01. The molecule has 0 saturated heterocycles. The fourth-order valence-corrected chi connectivity index (χ4v) is 4.01. The van der Waals surface area contributed by atoms with Crippen molar-refractivity contribution in [2.45, 2.75) is 71.6 Å². The minimum absolute atomic E-state index is 0. The lowest BCUT2D eigenvalue weighted by atomic mass is 9.67. The van der Waals surface area contributed by atoms with Crippen LogP contribution in [0.5, 0.6) is 0 Å². The van der Waals surface area contributed by atoms with Crippen LogP contribution in [0.4, 0.5) is 0 Å². The van der Waals surface area contributed by atoms with Gasteiger partial charge >= 0.3 is 0 Å². The minimum atomic E-state index is 0. The lowest BCUT2D eigenvalue weighted by molar-refractivity contribution is 0.237. The van der Waals surface area contributed by atoms with E-state index in [1.165, 1.54) is 64.2 Å². The predicted octanol–water partition coefficient (Wildman–Crippen LogP) is 5.09. The number of allylic oxidation sites excluding steroid dienone is 2. The molecular weight excluding hydrogens is 180 g/mol. The van der Waals surface area contributed by atoms with Gasteiger partial charge in [0.15, 0.2) is 0 Å². The number of hydrogen-bond acceptors (Lipinski definition) is 0. The van der Waals surface area contributed by atoms with Crippen molar-refractivity contribution in [3.8, 4) is 0 Å². The molecule has 2 spiro atoms. The van der Waals surface area contributed by atoms with Crippen LogP contribution in [-0.2, 0) is 0 Å². The standard InChI is InChI=1S/C14H22.CH4/c1-2-6-13(5-1)9-11-14(12-10-13)7-3-4-8-14;/h9,11H,1-8,10,12H2;1H4. The predicted molar refractivity (Wildman–Crippen MR) is 66.9 cm³/mol. The third kappa shape index (κ3) is 1.88. The molecule has 0 atom stereocenters. The normalized spacial score (nSPS) is 30.9. The van der Waals surface area contributed by atoms with E-state index in [1.54, 1.807) is 0 Å². The molecule has 0 unspecified atom stereocenters. The first-order chi connectivity index (χ1) is 6.83. The van der Waals surface area contributed by atoms with Crippen molar-refractivity contribution in [3.05, 3.63) is 12.2 Å². The van der Waals surface area contributed by atoms with Gasteiger partial charge in [0.05, 0.1) is 0 Å². The van der Waals surface area contributed by atoms with E-state index in [0.717, 1.165) is 0 Å². The zero-order chi connectivity index (χ0) is 9.49. The van der Waals surface area contributed by atoms with Crippen molar-refractivity contribution in [3.63, 3.8) is 0 Å². The Kier molecular flexibility index (Phi) is 2.96. The molecule has 0 heteroatoms. The highest BCUT2D eigenvalue weighted by Crippen LogP contribution is 2.54. The second-order valence-corrected chi connectivity index (χ2v) is 5.97. The van der Waals surface area contributed by atoms with Gasteiger partial charge in [-0.25, -0.2) is 0 Å². The topological polar surface area (TPSA) is 0 Å². The van der Waals surface area contributed by atoms with Crippen LogP contribution in [0, 0.1) is 10.8 Å². The lowest BCUT2D eigenvalue weighted by Crippen LogP contribution is -2.25. The summed E-state index contributed by atoms with van der Waals surface area (Å²) in [7, 11) is 0. The maximum atomic E-state index is 2.63. The smallest absolute Gasteiger partial charge is 0.0118 e. The molecule has 0 N–H and O–H groups in total. The molecule has 3 rings (SSSR count).